The van der Waals surface area contributed by atoms with Crippen molar-refractivity contribution in [3.63, 3.8) is 0 Å². The lowest BCUT2D eigenvalue weighted by molar-refractivity contribution is -0.119. The summed E-state index contributed by atoms with van der Waals surface area (Å²) < 4.78 is 7.47. The van der Waals surface area contributed by atoms with Crippen molar-refractivity contribution in [2.45, 2.75) is 6.92 Å². The van der Waals surface area contributed by atoms with Gasteiger partial charge in [-0.05, 0) is 49.4 Å². The number of hydrogen-bond acceptors (Lipinski definition) is 4. The summed E-state index contributed by atoms with van der Waals surface area (Å²) in [6.07, 6.45) is 1.54. The Labute approximate surface area is 170 Å². The number of aromatic nitrogens is 2. The Kier molecular flexibility index (Phi) is 6.23. The number of benzene rings is 2. The second-order valence-electron chi connectivity index (χ2n) is 6.05. The zero-order valence-electron chi connectivity index (χ0n) is 15.4. The van der Waals surface area contributed by atoms with Crippen molar-refractivity contribution in [1.29, 1.82) is 0 Å². The van der Waals surface area contributed by atoms with Gasteiger partial charge in [0.2, 0.25) is 5.91 Å². The van der Waals surface area contributed by atoms with Gasteiger partial charge in [0.25, 0.3) is 5.91 Å². The molecule has 2 amide bonds. The van der Waals surface area contributed by atoms with E-state index in [4.69, 9.17) is 4.74 Å². The Morgan fingerprint density at radius 2 is 1.79 bits per heavy atom. The maximum atomic E-state index is 12.7. The second kappa shape index (κ2) is 8.81. The number of carbonyl (C=O) groups excluding carboxylic acids is 2. The SMILES string of the molecule is COCC(=O)Nc1cccc(NC(=O)c2cnn(-c3ccc(Br)cc3)c2C)c1. The third-order valence-electron chi connectivity index (χ3n) is 4.01. The molecule has 0 fully saturated rings. The number of nitrogens with one attached hydrogen (secondary N) is 2. The minimum Gasteiger partial charge on any atom is -0.375 e. The summed E-state index contributed by atoms with van der Waals surface area (Å²) in [7, 11) is 1.45. The van der Waals surface area contributed by atoms with E-state index in [1.54, 1.807) is 28.9 Å². The molecule has 2 aromatic carbocycles. The summed E-state index contributed by atoms with van der Waals surface area (Å²) in [4.78, 5) is 24.3. The molecule has 0 radical (unpaired) electrons. The van der Waals surface area contributed by atoms with Crippen molar-refractivity contribution >= 4 is 39.1 Å². The van der Waals surface area contributed by atoms with Crippen LogP contribution in [0.1, 0.15) is 16.1 Å². The Balaban J connectivity index is 1.75. The van der Waals surface area contributed by atoms with Crippen LogP contribution in [0.15, 0.2) is 59.2 Å². The minimum absolute atomic E-state index is 0.0367. The Bertz CT molecular complexity index is 999. The molecular weight excluding hydrogens is 424 g/mol. The van der Waals surface area contributed by atoms with Crippen molar-refractivity contribution in [3.8, 4) is 5.69 Å². The highest BCUT2D eigenvalue weighted by Gasteiger charge is 2.15. The minimum atomic E-state index is -0.277. The monoisotopic (exact) mass is 442 g/mol. The molecule has 7 nitrogen and oxygen atoms in total. The van der Waals surface area contributed by atoms with E-state index in [2.05, 4.69) is 31.7 Å². The molecular formula is C20H19BrN4O3. The van der Waals surface area contributed by atoms with Crippen LogP contribution < -0.4 is 10.6 Å². The molecule has 0 unspecified atom stereocenters. The lowest BCUT2D eigenvalue weighted by Crippen LogP contribution is -2.17. The van der Waals surface area contributed by atoms with Gasteiger partial charge >= 0.3 is 0 Å². The van der Waals surface area contributed by atoms with Gasteiger partial charge in [-0.3, -0.25) is 9.59 Å². The van der Waals surface area contributed by atoms with Crippen LogP contribution >= 0.6 is 15.9 Å². The van der Waals surface area contributed by atoms with Gasteiger partial charge in [-0.1, -0.05) is 22.0 Å². The van der Waals surface area contributed by atoms with Crippen LogP contribution in [0.3, 0.4) is 0 Å². The highest BCUT2D eigenvalue weighted by Crippen LogP contribution is 2.20. The normalized spacial score (nSPS) is 10.5. The molecule has 1 heterocycles. The Morgan fingerprint density at radius 1 is 1.11 bits per heavy atom. The lowest BCUT2D eigenvalue weighted by atomic mass is 10.2. The van der Waals surface area contributed by atoms with Gasteiger partial charge in [-0.25, -0.2) is 4.68 Å². The summed E-state index contributed by atoms with van der Waals surface area (Å²) >= 11 is 3.40. The highest BCUT2D eigenvalue weighted by atomic mass is 79.9. The average Bonchev–Trinajstić information content (AvgIpc) is 3.04. The maximum Gasteiger partial charge on any atom is 0.259 e. The maximum absolute atomic E-state index is 12.7. The zero-order chi connectivity index (χ0) is 20.1. The largest absolute Gasteiger partial charge is 0.375 e. The number of halogens is 1. The van der Waals surface area contributed by atoms with Crippen molar-refractivity contribution in [2.75, 3.05) is 24.4 Å². The number of rotatable bonds is 6. The number of ether oxygens (including phenoxy) is 1. The first-order valence-corrected chi connectivity index (χ1v) is 9.28. The first-order chi connectivity index (χ1) is 13.5. The van der Waals surface area contributed by atoms with Gasteiger partial charge in [0.1, 0.15) is 6.61 Å². The molecule has 8 heteroatoms. The van der Waals surface area contributed by atoms with Crippen molar-refractivity contribution in [1.82, 2.24) is 9.78 Å². The fourth-order valence-electron chi connectivity index (χ4n) is 2.68. The van der Waals surface area contributed by atoms with Crippen LogP contribution in [0.2, 0.25) is 0 Å². The van der Waals surface area contributed by atoms with Crippen molar-refractivity contribution in [3.05, 3.63) is 70.5 Å². The standard InChI is InChI=1S/C20H19BrN4O3/c1-13-18(11-22-25(13)17-8-6-14(21)7-9-17)20(27)24-16-5-3-4-15(10-16)23-19(26)12-28-2/h3-11H,12H2,1-2H3,(H,23,26)(H,24,27). The lowest BCUT2D eigenvalue weighted by Gasteiger charge is -2.09. The number of hydrogen-bond donors (Lipinski definition) is 2. The van der Waals surface area contributed by atoms with E-state index >= 15 is 0 Å². The van der Waals surface area contributed by atoms with Crippen molar-refractivity contribution in [2.24, 2.45) is 0 Å². The summed E-state index contributed by atoms with van der Waals surface area (Å²) in [6, 6.07) is 14.6. The second-order valence-corrected chi connectivity index (χ2v) is 6.96. The van der Waals surface area contributed by atoms with E-state index in [-0.39, 0.29) is 18.4 Å². The van der Waals surface area contributed by atoms with E-state index < -0.39 is 0 Å². The van der Waals surface area contributed by atoms with Crippen LogP contribution in [0.4, 0.5) is 11.4 Å². The van der Waals surface area contributed by atoms with Gasteiger partial charge < -0.3 is 15.4 Å². The van der Waals surface area contributed by atoms with E-state index in [9.17, 15) is 9.59 Å². The molecule has 144 valence electrons. The molecule has 0 saturated heterocycles. The van der Waals surface area contributed by atoms with E-state index in [0.29, 0.717) is 16.9 Å². The molecule has 2 N–H and O–H groups in total. The van der Waals surface area contributed by atoms with Gasteiger partial charge in [0.15, 0.2) is 0 Å². The summed E-state index contributed by atoms with van der Waals surface area (Å²) in [5.74, 6) is -0.543. The molecule has 28 heavy (non-hydrogen) atoms. The average molecular weight is 443 g/mol. The molecule has 0 aliphatic heterocycles. The summed E-state index contributed by atoms with van der Waals surface area (Å²) in [5.41, 5.74) is 3.20. The quantitative estimate of drug-likeness (QED) is 0.608. The number of anilines is 2. The molecule has 1 aromatic heterocycles. The third-order valence-corrected chi connectivity index (χ3v) is 4.53. The van der Waals surface area contributed by atoms with Gasteiger partial charge in [-0.15, -0.1) is 0 Å². The summed E-state index contributed by atoms with van der Waals surface area (Å²) in [6.45, 7) is 1.80. The predicted molar refractivity (Wildman–Crippen MR) is 111 cm³/mol. The third kappa shape index (κ3) is 4.65. The van der Waals surface area contributed by atoms with Gasteiger partial charge in [0, 0.05) is 23.0 Å². The molecule has 0 bridgehead atoms. The van der Waals surface area contributed by atoms with E-state index in [0.717, 1.165) is 15.9 Å². The molecule has 3 aromatic rings. The molecule has 0 aliphatic rings. The molecule has 0 saturated carbocycles. The zero-order valence-corrected chi connectivity index (χ0v) is 17.0. The number of methoxy groups -OCH3 is 1. The highest BCUT2D eigenvalue weighted by molar-refractivity contribution is 9.10. The van der Waals surface area contributed by atoms with Crippen LogP contribution in [0.25, 0.3) is 5.69 Å². The fraction of sp³-hybridized carbons (Fsp3) is 0.150. The number of amides is 2. The van der Waals surface area contributed by atoms with Gasteiger partial charge in [0.05, 0.1) is 23.1 Å². The number of carbonyl (C=O) groups is 2. The van der Waals surface area contributed by atoms with E-state index in [1.165, 1.54) is 13.3 Å². The smallest absolute Gasteiger partial charge is 0.259 e. The first kappa shape index (κ1) is 19.8. The molecule has 0 spiro atoms. The molecule has 0 aliphatic carbocycles. The topological polar surface area (TPSA) is 85.2 Å². The van der Waals surface area contributed by atoms with Gasteiger partial charge in [-0.2, -0.15) is 5.10 Å². The van der Waals surface area contributed by atoms with Crippen LogP contribution in [-0.4, -0.2) is 35.3 Å². The Morgan fingerprint density at radius 3 is 2.46 bits per heavy atom. The fourth-order valence-corrected chi connectivity index (χ4v) is 2.94. The van der Waals surface area contributed by atoms with E-state index in [1.807, 2.05) is 31.2 Å². The van der Waals surface area contributed by atoms with Crippen LogP contribution in [-0.2, 0) is 9.53 Å². The first-order valence-electron chi connectivity index (χ1n) is 8.48. The molecule has 3 rings (SSSR count). The molecule has 0 atom stereocenters. The Hall–Kier alpha value is -2.97. The van der Waals surface area contributed by atoms with Crippen LogP contribution in [0.5, 0.6) is 0 Å². The van der Waals surface area contributed by atoms with Crippen molar-refractivity contribution < 1.29 is 14.3 Å². The number of nitrogens with zero attached hydrogens (tertiary/aromatic N) is 2. The predicted octanol–water partition coefficient (Wildman–Crippen LogP) is 3.78. The summed E-state index contributed by atoms with van der Waals surface area (Å²) in [5, 5.41) is 9.86. The van der Waals surface area contributed by atoms with Crippen LogP contribution in [0, 0.1) is 6.92 Å².